The first-order valence-corrected chi connectivity index (χ1v) is 8.15. The van der Waals surface area contributed by atoms with E-state index in [2.05, 4.69) is 9.68 Å². The van der Waals surface area contributed by atoms with E-state index in [0.29, 0.717) is 11.3 Å². The normalized spacial score (nSPS) is 13.7. The van der Waals surface area contributed by atoms with Crippen molar-refractivity contribution in [1.29, 1.82) is 0 Å². The first-order valence-electron chi connectivity index (χ1n) is 6.50. The van der Waals surface area contributed by atoms with Gasteiger partial charge in [0, 0.05) is 11.6 Å². The van der Waals surface area contributed by atoms with Crippen LogP contribution < -0.4 is 9.46 Å². The maximum absolute atomic E-state index is 13.2. The van der Waals surface area contributed by atoms with Gasteiger partial charge in [0.15, 0.2) is 0 Å². The number of nitrogens with zero attached hydrogens (tertiary/aromatic N) is 1. The van der Waals surface area contributed by atoms with E-state index >= 15 is 0 Å². The second-order valence-corrected chi connectivity index (χ2v) is 6.54. The Labute approximate surface area is 130 Å². The summed E-state index contributed by atoms with van der Waals surface area (Å²) in [5, 5.41) is 3.47. The van der Waals surface area contributed by atoms with Crippen molar-refractivity contribution in [3.05, 3.63) is 53.2 Å². The van der Waals surface area contributed by atoms with Crippen molar-refractivity contribution in [3.63, 3.8) is 0 Å². The van der Waals surface area contributed by atoms with E-state index in [-0.39, 0.29) is 17.9 Å². The minimum atomic E-state index is -3.93. The monoisotopic (exact) mass is 338 g/mol. The van der Waals surface area contributed by atoms with Gasteiger partial charge in [-0.1, -0.05) is 5.16 Å². The fourth-order valence-electron chi connectivity index (χ4n) is 2.03. The number of hydrogen-bond acceptors (Lipinski definition) is 6. The molecule has 0 spiro atoms. The van der Waals surface area contributed by atoms with Gasteiger partial charge >= 0.3 is 0 Å². The number of aromatic nitrogens is 1. The fourth-order valence-corrected chi connectivity index (χ4v) is 3.05. The third-order valence-electron chi connectivity index (χ3n) is 3.05. The highest BCUT2D eigenvalue weighted by atomic mass is 32.2. The van der Waals surface area contributed by atoms with Crippen molar-refractivity contribution in [2.24, 2.45) is 0 Å². The van der Waals surface area contributed by atoms with E-state index in [9.17, 15) is 17.6 Å². The van der Waals surface area contributed by atoms with Crippen molar-refractivity contribution < 1.29 is 26.9 Å². The van der Waals surface area contributed by atoms with Crippen LogP contribution in [0.3, 0.4) is 0 Å². The molecule has 1 N–H and O–H groups in total. The number of nitrogens with one attached hydrogen (secondary N) is 1. The number of benzene rings is 1. The Balaban J connectivity index is 1.76. The van der Waals surface area contributed by atoms with Crippen LogP contribution in [0.25, 0.3) is 6.08 Å². The van der Waals surface area contributed by atoms with Crippen LogP contribution >= 0.6 is 0 Å². The van der Waals surface area contributed by atoms with Crippen LogP contribution in [0.15, 0.2) is 40.6 Å². The molecule has 2 aromatic rings. The summed E-state index contributed by atoms with van der Waals surface area (Å²) in [6.07, 6.45) is 2.62. The maximum Gasteiger partial charge on any atom is 0.264 e. The summed E-state index contributed by atoms with van der Waals surface area (Å²) in [5.41, 5.74) is 0.619. The Morgan fingerprint density at radius 1 is 1.35 bits per heavy atom. The highest BCUT2D eigenvalue weighted by Crippen LogP contribution is 2.27. The highest BCUT2D eigenvalue weighted by Gasteiger charge is 2.23. The van der Waals surface area contributed by atoms with E-state index in [1.54, 1.807) is 0 Å². The van der Waals surface area contributed by atoms with E-state index in [1.165, 1.54) is 36.6 Å². The zero-order valence-electron chi connectivity index (χ0n) is 11.7. The van der Waals surface area contributed by atoms with Crippen LogP contribution in [-0.2, 0) is 20.6 Å². The van der Waals surface area contributed by atoms with Crippen LogP contribution in [0, 0.1) is 5.82 Å². The van der Waals surface area contributed by atoms with Gasteiger partial charge in [0.25, 0.3) is 5.91 Å². The van der Waals surface area contributed by atoms with E-state index in [0.717, 1.165) is 0 Å². The minimum absolute atomic E-state index is 0.0758. The average molecular weight is 338 g/mol. The van der Waals surface area contributed by atoms with Gasteiger partial charge in [-0.25, -0.2) is 17.5 Å². The molecule has 7 nitrogen and oxygen atoms in total. The Kier molecular flexibility index (Phi) is 3.87. The van der Waals surface area contributed by atoms with Crippen LogP contribution in [0.5, 0.6) is 5.75 Å². The van der Waals surface area contributed by atoms with E-state index in [1.807, 2.05) is 4.72 Å². The topological polar surface area (TPSA) is 98.5 Å². The van der Waals surface area contributed by atoms with Gasteiger partial charge in [-0.2, -0.15) is 0 Å². The van der Waals surface area contributed by atoms with Gasteiger partial charge in [0.1, 0.15) is 35.9 Å². The molecule has 0 unspecified atom stereocenters. The molecule has 0 aliphatic carbocycles. The minimum Gasteiger partial charge on any atom is -0.488 e. The summed E-state index contributed by atoms with van der Waals surface area (Å²) in [6.45, 7) is -0.107. The number of hydrogen-bond donors (Lipinski definition) is 1. The van der Waals surface area contributed by atoms with Gasteiger partial charge < -0.3 is 9.26 Å². The third-order valence-corrected chi connectivity index (χ3v) is 4.23. The zero-order chi connectivity index (χ0) is 16.4. The predicted octanol–water partition coefficient (Wildman–Crippen LogP) is 1.24. The fraction of sp³-hybridized carbons (Fsp3) is 0.143. The molecule has 0 saturated carbocycles. The second-order valence-electron chi connectivity index (χ2n) is 4.82. The zero-order valence-corrected chi connectivity index (χ0v) is 12.5. The lowest BCUT2D eigenvalue weighted by atomic mass is 10.1. The van der Waals surface area contributed by atoms with Crippen molar-refractivity contribution in [2.75, 3.05) is 6.61 Å². The quantitative estimate of drug-likeness (QED) is 0.900. The molecular weight excluding hydrogens is 327 g/mol. The number of carbonyl (C=O) groups excluding carboxylic acids is 1. The first kappa shape index (κ1) is 15.2. The van der Waals surface area contributed by atoms with Crippen LogP contribution in [-0.4, -0.2) is 26.1 Å². The molecular formula is C14H11FN2O5S. The number of amides is 1. The number of carbonyl (C=O) groups is 1. The average Bonchev–Trinajstić information content (AvgIpc) is 2.97. The van der Waals surface area contributed by atoms with Gasteiger partial charge in [-0.15, -0.1) is 0 Å². The number of halogens is 1. The van der Waals surface area contributed by atoms with Gasteiger partial charge in [-0.05, 0) is 24.3 Å². The second kappa shape index (κ2) is 5.84. The molecule has 0 bridgehead atoms. The summed E-state index contributed by atoms with van der Waals surface area (Å²) in [7, 11) is -3.93. The van der Waals surface area contributed by atoms with Gasteiger partial charge in [-0.3, -0.25) is 4.79 Å². The molecule has 0 saturated heterocycles. The van der Waals surface area contributed by atoms with Gasteiger partial charge in [0.05, 0.1) is 5.57 Å². The van der Waals surface area contributed by atoms with Crippen LogP contribution in [0.2, 0.25) is 0 Å². The lowest BCUT2D eigenvalue weighted by molar-refractivity contribution is -0.116. The molecule has 3 rings (SSSR count). The summed E-state index contributed by atoms with van der Waals surface area (Å²) in [4.78, 5) is 12.1. The SMILES string of the molecule is O=C(NS(=O)(=O)Cc1ccon1)C1=Cc2cc(F)ccc2OC1. The molecule has 0 atom stereocenters. The summed E-state index contributed by atoms with van der Waals surface area (Å²) >= 11 is 0. The molecule has 1 aliphatic rings. The molecule has 2 heterocycles. The lowest BCUT2D eigenvalue weighted by Gasteiger charge is -2.17. The number of fused-ring (bicyclic) bond motifs is 1. The highest BCUT2D eigenvalue weighted by molar-refractivity contribution is 7.89. The Morgan fingerprint density at radius 3 is 2.91 bits per heavy atom. The van der Waals surface area contributed by atoms with E-state index < -0.39 is 27.5 Å². The molecule has 0 radical (unpaired) electrons. The number of sulfonamides is 1. The lowest BCUT2D eigenvalue weighted by Crippen LogP contribution is -2.34. The first-order chi connectivity index (χ1) is 10.9. The van der Waals surface area contributed by atoms with Crippen molar-refractivity contribution in [3.8, 4) is 5.75 Å². The molecule has 1 amide bonds. The predicted molar refractivity (Wildman–Crippen MR) is 77.1 cm³/mol. The number of ether oxygens (including phenoxy) is 1. The summed E-state index contributed by atoms with van der Waals surface area (Å²) in [5.74, 6) is -1.38. The Hall–Kier alpha value is -2.68. The smallest absolute Gasteiger partial charge is 0.264 e. The largest absolute Gasteiger partial charge is 0.488 e. The molecule has 120 valence electrons. The Bertz CT molecular complexity index is 875. The summed E-state index contributed by atoms with van der Waals surface area (Å²) in [6, 6.07) is 5.26. The standard InChI is InChI=1S/C14H11FN2O5S/c15-11-1-2-13-9(6-11)5-10(7-21-13)14(18)17-23(19,20)8-12-3-4-22-16-12/h1-6H,7-8H2,(H,17,18). The maximum atomic E-state index is 13.2. The summed E-state index contributed by atoms with van der Waals surface area (Å²) < 4.78 is 48.8. The molecule has 1 aliphatic heterocycles. The van der Waals surface area contributed by atoms with Gasteiger partial charge in [0.2, 0.25) is 10.0 Å². The van der Waals surface area contributed by atoms with Crippen molar-refractivity contribution in [1.82, 2.24) is 9.88 Å². The Morgan fingerprint density at radius 2 is 2.17 bits per heavy atom. The number of rotatable bonds is 4. The van der Waals surface area contributed by atoms with E-state index in [4.69, 9.17) is 4.74 Å². The third kappa shape index (κ3) is 3.57. The van der Waals surface area contributed by atoms with Crippen LogP contribution in [0.1, 0.15) is 11.3 Å². The molecule has 9 heteroatoms. The molecule has 1 aromatic carbocycles. The molecule has 0 fully saturated rings. The molecule has 1 aromatic heterocycles. The van der Waals surface area contributed by atoms with Crippen molar-refractivity contribution >= 4 is 22.0 Å². The van der Waals surface area contributed by atoms with Crippen molar-refractivity contribution in [2.45, 2.75) is 5.75 Å². The molecule has 23 heavy (non-hydrogen) atoms. The van der Waals surface area contributed by atoms with Crippen LogP contribution in [0.4, 0.5) is 4.39 Å².